The number of hydrogen-bond donors (Lipinski definition) is 2. The summed E-state index contributed by atoms with van der Waals surface area (Å²) in [6.07, 6.45) is 2.26. The number of hydrogen-bond acceptors (Lipinski definition) is 5. The SMILES string of the molecule is NCc1nc(C(=O)N2CCC3NC(=O)CCC3C2)cs1. The Kier molecular flexibility index (Phi) is 3.71. The van der Waals surface area contributed by atoms with Gasteiger partial charge in [0.2, 0.25) is 5.91 Å². The van der Waals surface area contributed by atoms with Gasteiger partial charge in [-0.25, -0.2) is 4.98 Å². The van der Waals surface area contributed by atoms with E-state index in [1.165, 1.54) is 11.3 Å². The van der Waals surface area contributed by atoms with Gasteiger partial charge in [-0.05, 0) is 18.8 Å². The molecule has 2 fully saturated rings. The van der Waals surface area contributed by atoms with E-state index in [9.17, 15) is 9.59 Å². The third-order valence-electron chi connectivity index (χ3n) is 4.06. The number of nitrogens with two attached hydrogens (primary N) is 1. The summed E-state index contributed by atoms with van der Waals surface area (Å²) in [5, 5.41) is 5.59. The van der Waals surface area contributed by atoms with Crippen LogP contribution in [0.5, 0.6) is 0 Å². The standard InChI is InChI=1S/C13H18N4O2S/c14-5-12-16-10(7-20-12)13(19)17-4-3-9-8(6-17)1-2-11(18)15-9/h7-9H,1-6,14H2,(H,15,18). The van der Waals surface area contributed by atoms with Crippen LogP contribution in [0.1, 0.15) is 34.8 Å². The largest absolute Gasteiger partial charge is 0.353 e. The fourth-order valence-corrected chi connectivity index (χ4v) is 3.61. The highest BCUT2D eigenvalue weighted by Gasteiger charge is 2.35. The van der Waals surface area contributed by atoms with E-state index >= 15 is 0 Å². The van der Waals surface area contributed by atoms with Crippen LogP contribution in [-0.4, -0.2) is 40.8 Å². The molecule has 2 atom stereocenters. The van der Waals surface area contributed by atoms with Crippen molar-refractivity contribution in [3.63, 3.8) is 0 Å². The number of fused-ring (bicyclic) bond motifs is 1. The van der Waals surface area contributed by atoms with Crippen LogP contribution in [0, 0.1) is 5.92 Å². The zero-order valence-electron chi connectivity index (χ0n) is 11.2. The number of likely N-dealkylation sites (tertiary alicyclic amines) is 1. The first-order valence-corrected chi connectivity index (χ1v) is 7.78. The lowest BCUT2D eigenvalue weighted by molar-refractivity contribution is -0.125. The smallest absolute Gasteiger partial charge is 0.273 e. The molecule has 2 amide bonds. The van der Waals surface area contributed by atoms with Gasteiger partial charge in [-0.3, -0.25) is 9.59 Å². The van der Waals surface area contributed by atoms with Gasteiger partial charge in [0.05, 0.1) is 0 Å². The molecular formula is C13H18N4O2S. The molecule has 2 saturated heterocycles. The van der Waals surface area contributed by atoms with Crippen molar-refractivity contribution >= 4 is 23.2 Å². The molecule has 3 heterocycles. The van der Waals surface area contributed by atoms with Crippen LogP contribution in [0.3, 0.4) is 0 Å². The van der Waals surface area contributed by atoms with E-state index in [0.717, 1.165) is 17.8 Å². The minimum atomic E-state index is -0.0173. The highest BCUT2D eigenvalue weighted by molar-refractivity contribution is 7.09. The van der Waals surface area contributed by atoms with Crippen molar-refractivity contribution < 1.29 is 9.59 Å². The highest BCUT2D eigenvalue weighted by atomic mass is 32.1. The molecule has 0 radical (unpaired) electrons. The van der Waals surface area contributed by atoms with E-state index < -0.39 is 0 Å². The molecule has 7 heteroatoms. The number of carbonyl (C=O) groups excluding carboxylic acids is 2. The van der Waals surface area contributed by atoms with E-state index in [0.29, 0.717) is 37.7 Å². The summed E-state index contributed by atoms with van der Waals surface area (Å²) >= 11 is 1.42. The molecule has 2 unspecified atom stereocenters. The molecule has 108 valence electrons. The van der Waals surface area contributed by atoms with E-state index in [2.05, 4.69) is 10.3 Å². The zero-order chi connectivity index (χ0) is 14.1. The molecular weight excluding hydrogens is 276 g/mol. The Labute approximate surface area is 121 Å². The Bertz CT molecular complexity index is 530. The molecule has 3 rings (SSSR count). The van der Waals surface area contributed by atoms with Crippen LogP contribution in [-0.2, 0) is 11.3 Å². The average molecular weight is 294 g/mol. The third kappa shape index (κ3) is 2.55. The van der Waals surface area contributed by atoms with E-state index in [1.807, 2.05) is 4.90 Å². The predicted molar refractivity (Wildman–Crippen MR) is 75.2 cm³/mol. The van der Waals surface area contributed by atoms with Crippen LogP contribution < -0.4 is 11.1 Å². The summed E-state index contributed by atoms with van der Waals surface area (Å²) in [5.74, 6) is 0.493. The lowest BCUT2D eigenvalue weighted by Gasteiger charge is -2.41. The maximum absolute atomic E-state index is 12.4. The summed E-state index contributed by atoms with van der Waals surface area (Å²) < 4.78 is 0. The number of thiazole rings is 1. The van der Waals surface area contributed by atoms with Crippen molar-refractivity contribution in [3.05, 3.63) is 16.1 Å². The Morgan fingerprint density at radius 2 is 2.40 bits per heavy atom. The molecule has 6 nitrogen and oxygen atoms in total. The molecule has 2 aliphatic heterocycles. The second kappa shape index (κ2) is 5.49. The van der Waals surface area contributed by atoms with Gasteiger partial charge in [0.15, 0.2) is 0 Å². The van der Waals surface area contributed by atoms with Gasteiger partial charge in [0.25, 0.3) is 5.91 Å². The Morgan fingerprint density at radius 1 is 1.55 bits per heavy atom. The van der Waals surface area contributed by atoms with Crippen molar-refractivity contribution in [1.29, 1.82) is 0 Å². The summed E-state index contributed by atoms with van der Waals surface area (Å²) in [7, 11) is 0. The van der Waals surface area contributed by atoms with E-state index in [1.54, 1.807) is 5.38 Å². The molecule has 1 aromatic rings. The minimum absolute atomic E-state index is 0.0173. The lowest BCUT2D eigenvalue weighted by atomic mass is 9.85. The van der Waals surface area contributed by atoms with Crippen molar-refractivity contribution in [1.82, 2.24) is 15.2 Å². The van der Waals surface area contributed by atoms with Gasteiger partial charge in [0, 0.05) is 37.5 Å². The summed E-state index contributed by atoms with van der Waals surface area (Å²) in [6.45, 7) is 1.75. The molecule has 0 bridgehead atoms. The number of piperidine rings is 2. The van der Waals surface area contributed by atoms with Gasteiger partial charge in [-0.15, -0.1) is 11.3 Å². The average Bonchev–Trinajstić information content (AvgIpc) is 2.95. The zero-order valence-corrected chi connectivity index (χ0v) is 12.0. The maximum atomic E-state index is 12.4. The summed E-state index contributed by atoms with van der Waals surface area (Å²) in [4.78, 5) is 29.9. The fraction of sp³-hybridized carbons (Fsp3) is 0.615. The normalized spacial score (nSPS) is 26.1. The monoisotopic (exact) mass is 294 g/mol. The number of aromatic nitrogens is 1. The second-order valence-electron chi connectivity index (χ2n) is 5.34. The number of nitrogens with one attached hydrogen (secondary N) is 1. The quantitative estimate of drug-likeness (QED) is 0.823. The van der Waals surface area contributed by atoms with Crippen molar-refractivity contribution in [3.8, 4) is 0 Å². The Balaban J connectivity index is 1.66. The second-order valence-corrected chi connectivity index (χ2v) is 6.29. The van der Waals surface area contributed by atoms with Crippen LogP contribution in [0.15, 0.2) is 5.38 Å². The molecule has 3 N–H and O–H groups in total. The van der Waals surface area contributed by atoms with E-state index in [-0.39, 0.29) is 17.9 Å². The Hall–Kier alpha value is -1.47. The number of rotatable bonds is 2. The first-order valence-electron chi connectivity index (χ1n) is 6.90. The number of amides is 2. The number of nitrogens with zero attached hydrogens (tertiary/aromatic N) is 2. The molecule has 0 saturated carbocycles. The molecule has 0 aromatic carbocycles. The van der Waals surface area contributed by atoms with Crippen LogP contribution >= 0.6 is 11.3 Å². The minimum Gasteiger partial charge on any atom is -0.353 e. The first-order chi connectivity index (χ1) is 9.67. The predicted octanol–water partition coefficient (Wildman–Crippen LogP) is 0.342. The first kappa shape index (κ1) is 13.5. The van der Waals surface area contributed by atoms with Crippen LogP contribution in [0.2, 0.25) is 0 Å². The molecule has 2 aliphatic rings. The molecule has 0 spiro atoms. The van der Waals surface area contributed by atoms with Crippen LogP contribution in [0.4, 0.5) is 0 Å². The van der Waals surface area contributed by atoms with Gasteiger partial charge in [-0.2, -0.15) is 0 Å². The van der Waals surface area contributed by atoms with Crippen molar-refractivity contribution in [2.75, 3.05) is 13.1 Å². The summed E-state index contributed by atoms with van der Waals surface area (Å²) in [6, 6.07) is 0.232. The lowest BCUT2D eigenvalue weighted by Crippen LogP contribution is -2.55. The highest BCUT2D eigenvalue weighted by Crippen LogP contribution is 2.26. The van der Waals surface area contributed by atoms with E-state index in [4.69, 9.17) is 5.73 Å². The summed E-state index contributed by atoms with van der Waals surface area (Å²) in [5.41, 5.74) is 6.02. The van der Waals surface area contributed by atoms with Gasteiger partial charge in [0.1, 0.15) is 10.7 Å². The molecule has 1 aromatic heterocycles. The van der Waals surface area contributed by atoms with Crippen molar-refractivity contribution in [2.24, 2.45) is 11.7 Å². The van der Waals surface area contributed by atoms with Gasteiger partial charge < -0.3 is 16.0 Å². The van der Waals surface area contributed by atoms with Crippen molar-refractivity contribution in [2.45, 2.75) is 31.8 Å². The van der Waals surface area contributed by atoms with Gasteiger partial charge >= 0.3 is 0 Å². The molecule has 20 heavy (non-hydrogen) atoms. The van der Waals surface area contributed by atoms with Crippen LogP contribution in [0.25, 0.3) is 0 Å². The Morgan fingerprint density at radius 3 is 3.15 bits per heavy atom. The number of carbonyl (C=O) groups is 2. The molecule has 0 aliphatic carbocycles. The van der Waals surface area contributed by atoms with Gasteiger partial charge in [-0.1, -0.05) is 0 Å². The third-order valence-corrected chi connectivity index (χ3v) is 4.93. The maximum Gasteiger partial charge on any atom is 0.273 e. The topological polar surface area (TPSA) is 88.3 Å². The fourth-order valence-electron chi connectivity index (χ4n) is 2.96.